The lowest BCUT2D eigenvalue weighted by Crippen LogP contribution is -2.05. The molecule has 2 aromatic rings. The van der Waals surface area contributed by atoms with Crippen LogP contribution in [0.1, 0.15) is 16.1 Å². The zero-order chi connectivity index (χ0) is 11.5. The van der Waals surface area contributed by atoms with Crippen molar-refractivity contribution in [3.8, 4) is 11.3 Å². The van der Waals surface area contributed by atoms with E-state index in [-0.39, 0.29) is 5.69 Å². The highest BCUT2D eigenvalue weighted by Gasteiger charge is 2.11. The molecule has 2 heterocycles. The average molecular weight is 215 g/mol. The quantitative estimate of drug-likeness (QED) is 0.822. The summed E-state index contributed by atoms with van der Waals surface area (Å²) >= 11 is 0. The standard InChI is InChI=1S/C11H9N3O2/c1-7-6-9(8-2-4-12-5-3-8)13-14-10(7)11(15)16/h2-6H,1H3,(H,15,16). The van der Waals surface area contributed by atoms with Crippen LogP contribution in [-0.2, 0) is 0 Å². The average Bonchev–Trinajstić information content (AvgIpc) is 2.29. The highest BCUT2D eigenvalue weighted by atomic mass is 16.4. The summed E-state index contributed by atoms with van der Waals surface area (Å²) in [7, 11) is 0. The van der Waals surface area contributed by atoms with Crippen LogP contribution >= 0.6 is 0 Å². The molecule has 5 heteroatoms. The Kier molecular flexibility index (Phi) is 2.59. The Labute approximate surface area is 91.8 Å². The summed E-state index contributed by atoms with van der Waals surface area (Å²) in [4.78, 5) is 14.7. The number of pyridine rings is 1. The maximum absolute atomic E-state index is 10.8. The van der Waals surface area contributed by atoms with E-state index >= 15 is 0 Å². The van der Waals surface area contributed by atoms with Gasteiger partial charge in [0.05, 0.1) is 5.69 Å². The van der Waals surface area contributed by atoms with E-state index in [4.69, 9.17) is 5.11 Å². The summed E-state index contributed by atoms with van der Waals surface area (Å²) in [5, 5.41) is 16.4. The van der Waals surface area contributed by atoms with E-state index in [0.717, 1.165) is 5.56 Å². The lowest BCUT2D eigenvalue weighted by molar-refractivity contribution is 0.0688. The first-order valence-corrected chi connectivity index (χ1v) is 4.66. The van der Waals surface area contributed by atoms with Gasteiger partial charge in [0.15, 0.2) is 5.69 Å². The van der Waals surface area contributed by atoms with Crippen LogP contribution in [0, 0.1) is 6.92 Å². The molecule has 0 aliphatic heterocycles. The molecule has 0 amide bonds. The van der Waals surface area contributed by atoms with Crippen molar-refractivity contribution >= 4 is 5.97 Å². The summed E-state index contributed by atoms with van der Waals surface area (Å²) in [6, 6.07) is 5.29. The minimum Gasteiger partial charge on any atom is -0.476 e. The van der Waals surface area contributed by atoms with Crippen LogP contribution in [0.4, 0.5) is 0 Å². The van der Waals surface area contributed by atoms with E-state index in [9.17, 15) is 4.79 Å². The van der Waals surface area contributed by atoms with Gasteiger partial charge in [0.25, 0.3) is 0 Å². The van der Waals surface area contributed by atoms with E-state index < -0.39 is 5.97 Å². The van der Waals surface area contributed by atoms with Crippen LogP contribution in [0.15, 0.2) is 30.6 Å². The SMILES string of the molecule is Cc1cc(-c2ccncc2)nnc1C(=O)O. The van der Waals surface area contributed by atoms with E-state index in [1.807, 2.05) is 0 Å². The van der Waals surface area contributed by atoms with Gasteiger partial charge in [-0.15, -0.1) is 10.2 Å². The molecule has 2 aromatic heterocycles. The third kappa shape index (κ3) is 1.88. The first-order chi connectivity index (χ1) is 7.68. The number of hydrogen-bond donors (Lipinski definition) is 1. The van der Waals surface area contributed by atoms with Gasteiger partial charge in [-0.3, -0.25) is 4.98 Å². The van der Waals surface area contributed by atoms with Gasteiger partial charge >= 0.3 is 5.97 Å². The molecule has 0 aliphatic carbocycles. The number of aryl methyl sites for hydroxylation is 1. The van der Waals surface area contributed by atoms with Gasteiger partial charge in [-0.1, -0.05) is 0 Å². The van der Waals surface area contributed by atoms with Crippen LogP contribution in [0.3, 0.4) is 0 Å². The van der Waals surface area contributed by atoms with Crippen molar-refractivity contribution in [3.63, 3.8) is 0 Å². The third-order valence-electron chi connectivity index (χ3n) is 2.16. The predicted octanol–water partition coefficient (Wildman–Crippen LogP) is 1.55. The zero-order valence-electron chi connectivity index (χ0n) is 8.58. The van der Waals surface area contributed by atoms with Gasteiger partial charge in [0.1, 0.15) is 0 Å². The van der Waals surface area contributed by atoms with E-state index in [0.29, 0.717) is 11.3 Å². The maximum atomic E-state index is 10.8. The number of carboxylic acid groups (broad SMARTS) is 1. The molecular weight excluding hydrogens is 206 g/mol. The van der Waals surface area contributed by atoms with Crippen molar-refractivity contribution in [3.05, 3.63) is 41.9 Å². The largest absolute Gasteiger partial charge is 0.476 e. The predicted molar refractivity (Wildman–Crippen MR) is 57.0 cm³/mol. The van der Waals surface area contributed by atoms with Gasteiger partial charge in [0.2, 0.25) is 0 Å². The van der Waals surface area contributed by atoms with Crippen LogP contribution < -0.4 is 0 Å². The van der Waals surface area contributed by atoms with Crippen molar-refractivity contribution in [2.45, 2.75) is 6.92 Å². The molecule has 80 valence electrons. The molecule has 0 radical (unpaired) electrons. The molecule has 0 spiro atoms. The maximum Gasteiger partial charge on any atom is 0.356 e. The Hall–Kier alpha value is -2.30. The normalized spacial score (nSPS) is 10.1. The van der Waals surface area contributed by atoms with Gasteiger partial charge in [-0.25, -0.2) is 4.79 Å². The number of carbonyl (C=O) groups is 1. The number of rotatable bonds is 2. The Morgan fingerprint density at radius 2 is 1.94 bits per heavy atom. The summed E-state index contributed by atoms with van der Waals surface area (Å²) in [6.07, 6.45) is 3.30. The topological polar surface area (TPSA) is 76.0 Å². The second-order valence-electron chi connectivity index (χ2n) is 3.30. The van der Waals surface area contributed by atoms with Crippen LogP contribution in [0.25, 0.3) is 11.3 Å². The first kappa shape index (κ1) is 10.2. The molecule has 0 aliphatic rings. The molecule has 0 unspecified atom stereocenters. The van der Waals surface area contributed by atoms with Crippen LogP contribution in [-0.4, -0.2) is 26.3 Å². The van der Waals surface area contributed by atoms with Gasteiger partial charge in [-0.2, -0.15) is 0 Å². The fourth-order valence-electron chi connectivity index (χ4n) is 1.36. The number of aromatic carboxylic acids is 1. The van der Waals surface area contributed by atoms with Crippen molar-refractivity contribution in [2.75, 3.05) is 0 Å². The molecule has 0 saturated heterocycles. The van der Waals surface area contributed by atoms with Crippen molar-refractivity contribution < 1.29 is 9.90 Å². The molecule has 2 rings (SSSR count). The first-order valence-electron chi connectivity index (χ1n) is 4.66. The summed E-state index contributed by atoms with van der Waals surface area (Å²) in [6.45, 7) is 1.70. The second kappa shape index (κ2) is 4.06. The number of nitrogens with zero attached hydrogens (tertiary/aromatic N) is 3. The van der Waals surface area contributed by atoms with Crippen molar-refractivity contribution in [2.24, 2.45) is 0 Å². The fourth-order valence-corrected chi connectivity index (χ4v) is 1.36. The van der Waals surface area contributed by atoms with Crippen molar-refractivity contribution in [1.29, 1.82) is 0 Å². The Bertz CT molecular complexity index is 526. The number of carboxylic acids is 1. The lowest BCUT2D eigenvalue weighted by Gasteiger charge is -2.02. The number of hydrogen-bond acceptors (Lipinski definition) is 4. The molecule has 16 heavy (non-hydrogen) atoms. The van der Waals surface area contributed by atoms with E-state index in [1.165, 1.54) is 0 Å². The molecule has 0 atom stereocenters. The summed E-state index contributed by atoms with van der Waals surface area (Å²) in [5.41, 5.74) is 2.08. The Morgan fingerprint density at radius 3 is 2.50 bits per heavy atom. The Morgan fingerprint density at radius 1 is 1.25 bits per heavy atom. The number of aromatic nitrogens is 3. The van der Waals surface area contributed by atoms with Crippen molar-refractivity contribution in [1.82, 2.24) is 15.2 Å². The van der Waals surface area contributed by atoms with E-state index in [1.54, 1.807) is 37.5 Å². The molecule has 0 fully saturated rings. The monoisotopic (exact) mass is 215 g/mol. The minimum absolute atomic E-state index is 0.0159. The third-order valence-corrected chi connectivity index (χ3v) is 2.16. The Balaban J connectivity index is 2.46. The van der Waals surface area contributed by atoms with E-state index in [2.05, 4.69) is 15.2 Å². The minimum atomic E-state index is -1.06. The highest BCUT2D eigenvalue weighted by molar-refractivity contribution is 5.87. The second-order valence-corrected chi connectivity index (χ2v) is 3.30. The molecular formula is C11H9N3O2. The van der Waals surface area contributed by atoms with Gasteiger partial charge < -0.3 is 5.11 Å². The molecule has 1 N–H and O–H groups in total. The summed E-state index contributed by atoms with van der Waals surface area (Å²) < 4.78 is 0. The lowest BCUT2D eigenvalue weighted by atomic mass is 10.1. The zero-order valence-corrected chi connectivity index (χ0v) is 8.58. The summed E-state index contributed by atoms with van der Waals surface area (Å²) in [5.74, 6) is -1.06. The molecule has 0 bridgehead atoms. The molecule has 5 nitrogen and oxygen atoms in total. The smallest absolute Gasteiger partial charge is 0.356 e. The molecule has 0 saturated carbocycles. The highest BCUT2D eigenvalue weighted by Crippen LogP contribution is 2.16. The van der Waals surface area contributed by atoms with Gasteiger partial charge in [-0.05, 0) is 30.7 Å². The molecule has 0 aromatic carbocycles. The van der Waals surface area contributed by atoms with Gasteiger partial charge in [0, 0.05) is 18.0 Å². The van der Waals surface area contributed by atoms with Crippen LogP contribution in [0.5, 0.6) is 0 Å². The fraction of sp³-hybridized carbons (Fsp3) is 0.0909. The van der Waals surface area contributed by atoms with Crippen LogP contribution in [0.2, 0.25) is 0 Å².